The lowest BCUT2D eigenvalue weighted by atomic mass is 10.1. The van der Waals surface area contributed by atoms with E-state index >= 15 is 0 Å². The second kappa shape index (κ2) is 9.82. The fourth-order valence-corrected chi connectivity index (χ4v) is 3.91. The van der Waals surface area contributed by atoms with Gasteiger partial charge in [-0.15, -0.1) is 0 Å². The van der Waals surface area contributed by atoms with Crippen LogP contribution in [0.4, 0.5) is 4.79 Å². The highest BCUT2D eigenvalue weighted by Crippen LogP contribution is 2.23. The van der Waals surface area contributed by atoms with Gasteiger partial charge in [0.2, 0.25) is 0 Å². The molecule has 2 heterocycles. The van der Waals surface area contributed by atoms with Gasteiger partial charge in [0.25, 0.3) is 5.91 Å². The van der Waals surface area contributed by atoms with Crippen molar-refractivity contribution in [3.8, 4) is 5.75 Å². The van der Waals surface area contributed by atoms with Gasteiger partial charge in [0.15, 0.2) is 0 Å². The molecule has 1 aliphatic rings. The Balaban J connectivity index is 1.32. The minimum Gasteiger partial charge on any atom is -0.489 e. The lowest BCUT2D eigenvalue weighted by Crippen LogP contribution is -2.51. The predicted molar refractivity (Wildman–Crippen MR) is 132 cm³/mol. The van der Waals surface area contributed by atoms with Gasteiger partial charge in [-0.3, -0.25) is 4.79 Å². The van der Waals surface area contributed by atoms with Crippen LogP contribution in [0.1, 0.15) is 42.3 Å². The number of hydrogen-bond donors (Lipinski definition) is 0. The maximum absolute atomic E-state index is 12.9. The molecule has 0 N–H and O–H groups in total. The average Bonchev–Trinajstić information content (AvgIpc) is 2.81. The molecule has 2 aromatic carbocycles. The number of carbonyl (C=O) groups excluding carboxylic acids is 2. The predicted octanol–water partition coefficient (Wildman–Crippen LogP) is 4.37. The third-order valence-corrected chi connectivity index (χ3v) is 5.75. The molecule has 184 valence electrons. The summed E-state index contributed by atoms with van der Waals surface area (Å²) in [6.45, 7) is 9.48. The van der Waals surface area contributed by atoms with Crippen LogP contribution >= 0.6 is 0 Å². The van der Waals surface area contributed by atoms with E-state index in [0.29, 0.717) is 49.7 Å². The van der Waals surface area contributed by atoms with Crippen LogP contribution in [0.5, 0.6) is 5.75 Å². The van der Waals surface area contributed by atoms with Crippen molar-refractivity contribution in [3.05, 3.63) is 75.6 Å². The minimum atomic E-state index is -0.543. The number of ether oxygens (including phenoxy) is 2. The van der Waals surface area contributed by atoms with E-state index in [1.165, 1.54) is 6.07 Å². The Hall–Kier alpha value is -3.81. The van der Waals surface area contributed by atoms with Crippen LogP contribution in [0.15, 0.2) is 57.7 Å². The Kier molecular flexibility index (Phi) is 6.82. The van der Waals surface area contributed by atoms with Crippen LogP contribution in [-0.2, 0) is 11.3 Å². The van der Waals surface area contributed by atoms with Gasteiger partial charge in [-0.05, 0) is 63.1 Å². The fourth-order valence-electron chi connectivity index (χ4n) is 3.91. The standard InChI is InChI=1S/C27H30N2O6/c1-18-15-24(30)34-23-16-21(9-10-22(18)23)33-17-19-5-7-20(8-6-19)25(31)28-11-13-29(14-12-28)26(32)35-27(2,3)4/h5-10,15-16H,11-14,17H2,1-4H3. The monoisotopic (exact) mass is 478 g/mol. The van der Waals surface area contributed by atoms with Gasteiger partial charge in [-0.1, -0.05) is 12.1 Å². The van der Waals surface area contributed by atoms with Crippen molar-refractivity contribution in [1.82, 2.24) is 9.80 Å². The highest BCUT2D eigenvalue weighted by atomic mass is 16.6. The third-order valence-electron chi connectivity index (χ3n) is 5.75. The molecule has 0 unspecified atom stereocenters. The fraction of sp³-hybridized carbons (Fsp3) is 0.370. The molecule has 1 aliphatic heterocycles. The number of fused-ring (bicyclic) bond motifs is 1. The van der Waals surface area contributed by atoms with Gasteiger partial charge in [-0.25, -0.2) is 9.59 Å². The van der Waals surface area contributed by atoms with Crippen molar-refractivity contribution in [1.29, 1.82) is 0 Å². The molecule has 4 rings (SSSR count). The highest BCUT2D eigenvalue weighted by Gasteiger charge is 2.28. The van der Waals surface area contributed by atoms with Crippen LogP contribution in [0.25, 0.3) is 11.0 Å². The van der Waals surface area contributed by atoms with Crippen molar-refractivity contribution < 1.29 is 23.5 Å². The highest BCUT2D eigenvalue weighted by molar-refractivity contribution is 5.94. The largest absolute Gasteiger partial charge is 0.489 e. The first-order chi connectivity index (χ1) is 16.6. The summed E-state index contributed by atoms with van der Waals surface area (Å²) in [7, 11) is 0. The lowest BCUT2D eigenvalue weighted by molar-refractivity contribution is 0.0141. The van der Waals surface area contributed by atoms with E-state index in [2.05, 4.69) is 0 Å². The van der Waals surface area contributed by atoms with Gasteiger partial charge >= 0.3 is 11.7 Å². The molecule has 2 amide bonds. The lowest BCUT2D eigenvalue weighted by Gasteiger charge is -2.35. The zero-order valence-electron chi connectivity index (χ0n) is 20.5. The molecular weight excluding hydrogens is 448 g/mol. The number of nitrogens with zero attached hydrogens (tertiary/aromatic N) is 2. The van der Waals surface area contributed by atoms with Gasteiger partial charge < -0.3 is 23.7 Å². The minimum absolute atomic E-state index is 0.0683. The van der Waals surface area contributed by atoms with Gasteiger partial charge in [0, 0.05) is 49.3 Å². The van der Waals surface area contributed by atoms with Crippen molar-refractivity contribution in [2.45, 2.75) is 39.9 Å². The summed E-state index contributed by atoms with van der Waals surface area (Å²) in [5.74, 6) is 0.524. The molecule has 0 spiro atoms. The molecule has 0 aliphatic carbocycles. The Bertz CT molecular complexity index is 1280. The Labute approximate surface area is 204 Å². The second-order valence-electron chi connectivity index (χ2n) is 9.65. The van der Waals surface area contributed by atoms with E-state index in [0.717, 1.165) is 16.5 Å². The summed E-state index contributed by atoms with van der Waals surface area (Å²) in [5, 5.41) is 0.867. The quantitative estimate of drug-likeness (QED) is 0.517. The summed E-state index contributed by atoms with van der Waals surface area (Å²) in [5.41, 5.74) is 1.90. The SMILES string of the molecule is Cc1cc(=O)oc2cc(OCc3ccc(C(=O)N4CCN(C(=O)OC(C)(C)C)CC4)cc3)ccc12. The van der Waals surface area contributed by atoms with Crippen LogP contribution < -0.4 is 10.4 Å². The number of rotatable bonds is 4. The van der Waals surface area contributed by atoms with E-state index in [1.54, 1.807) is 28.0 Å². The van der Waals surface area contributed by atoms with E-state index in [9.17, 15) is 14.4 Å². The summed E-state index contributed by atoms with van der Waals surface area (Å²) < 4.78 is 16.5. The molecular formula is C27H30N2O6. The van der Waals surface area contributed by atoms with Gasteiger partial charge in [0.1, 0.15) is 23.5 Å². The summed E-state index contributed by atoms with van der Waals surface area (Å²) in [4.78, 5) is 40.1. The Morgan fingerprint density at radius 2 is 1.60 bits per heavy atom. The van der Waals surface area contributed by atoms with Gasteiger partial charge in [0.05, 0.1) is 0 Å². The summed E-state index contributed by atoms with van der Waals surface area (Å²) in [6, 6.07) is 14.2. The molecule has 0 atom stereocenters. The number of aryl methyl sites for hydroxylation is 1. The smallest absolute Gasteiger partial charge is 0.410 e. The molecule has 8 nitrogen and oxygen atoms in total. The van der Waals surface area contributed by atoms with Crippen molar-refractivity contribution in [3.63, 3.8) is 0 Å². The first kappa shape index (κ1) is 24.3. The normalized spacial score (nSPS) is 14.2. The Morgan fingerprint density at radius 3 is 2.26 bits per heavy atom. The van der Waals surface area contributed by atoms with Crippen molar-refractivity contribution in [2.24, 2.45) is 0 Å². The van der Waals surface area contributed by atoms with Crippen LogP contribution in [0.3, 0.4) is 0 Å². The van der Waals surface area contributed by atoms with E-state index in [4.69, 9.17) is 13.9 Å². The molecule has 0 bridgehead atoms. The van der Waals surface area contributed by atoms with Crippen LogP contribution in [0, 0.1) is 6.92 Å². The second-order valence-corrected chi connectivity index (χ2v) is 9.65. The molecule has 3 aromatic rings. The average molecular weight is 479 g/mol. The number of carbonyl (C=O) groups is 2. The number of amides is 2. The maximum Gasteiger partial charge on any atom is 0.410 e. The number of benzene rings is 2. The molecule has 8 heteroatoms. The topological polar surface area (TPSA) is 89.3 Å². The van der Waals surface area contributed by atoms with E-state index < -0.39 is 11.2 Å². The van der Waals surface area contributed by atoms with Crippen LogP contribution in [0.2, 0.25) is 0 Å². The van der Waals surface area contributed by atoms with Gasteiger partial charge in [-0.2, -0.15) is 0 Å². The van der Waals surface area contributed by atoms with Crippen molar-refractivity contribution in [2.75, 3.05) is 26.2 Å². The molecule has 1 saturated heterocycles. The zero-order valence-corrected chi connectivity index (χ0v) is 20.5. The number of piperazine rings is 1. The summed E-state index contributed by atoms with van der Waals surface area (Å²) in [6.07, 6.45) is -0.349. The van der Waals surface area contributed by atoms with E-state index in [1.807, 2.05) is 52.0 Å². The molecule has 1 aromatic heterocycles. The maximum atomic E-state index is 12.9. The van der Waals surface area contributed by atoms with Crippen LogP contribution in [-0.4, -0.2) is 53.6 Å². The zero-order chi connectivity index (χ0) is 25.2. The molecule has 1 fully saturated rings. The first-order valence-electron chi connectivity index (χ1n) is 11.6. The molecule has 35 heavy (non-hydrogen) atoms. The van der Waals surface area contributed by atoms with Crippen molar-refractivity contribution >= 4 is 23.0 Å². The molecule has 0 radical (unpaired) electrons. The van der Waals surface area contributed by atoms with E-state index in [-0.39, 0.29) is 12.0 Å². The Morgan fingerprint density at radius 1 is 0.943 bits per heavy atom. The summed E-state index contributed by atoms with van der Waals surface area (Å²) >= 11 is 0. The third kappa shape index (κ3) is 6.01. The number of hydrogen-bond acceptors (Lipinski definition) is 6. The molecule has 0 saturated carbocycles. The first-order valence-corrected chi connectivity index (χ1v) is 11.6.